The first kappa shape index (κ1) is 22.7. The van der Waals surface area contributed by atoms with Crippen molar-refractivity contribution < 1.29 is 28.6 Å². The van der Waals surface area contributed by atoms with Gasteiger partial charge in [-0.15, -0.1) is 5.73 Å². The second kappa shape index (κ2) is 9.56. The number of carbonyl (C=O) groups is 3. The predicted octanol–water partition coefficient (Wildman–Crippen LogP) is 3.65. The first-order chi connectivity index (χ1) is 12.6. The minimum atomic E-state index is -1.56. The summed E-state index contributed by atoms with van der Waals surface area (Å²) in [6, 6.07) is 0. The second-order valence-electron chi connectivity index (χ2n) is 7.09. The Bertz CT molecular complexity index is 661. The zero-order chi connectivity index (χ0) is 20.7. The summed E-state index contributed by atoms with van der Waals surface area (Å²) in [7, 11) is 2.46. The third-order valence-electron chi connectivity index (χ3n) is 4.61. The number of unbranched alkanes of at least 4 members (excludes halogenated alkanes) is 2. The van der Waals surface area contributed by atoms with Crippen LogP contribution in [0.25, 0.3) is 0 Å². The molecule has 0 amide bonds. The SMILES string of the molecule is CCCCC=C=C1CCC(C(=O)OC)(C(=O)OC)C=C1C(C)(C)OC(C)=O. The highest BCUT2D eigenvalue weighted by atomic mass is 16.6. The number of ether oxygens (including phenoxy) is 3. The molecule has 6 heteroatoms. The number of hydrogen-bond donors (Lipinski definition) is 0. The average molecular weight is 378 g/mol. The molecule has 150 valence electrons. The van der Waals surface area contributed by atoms with Gasteiger partial charge in [0.05, 0.1) is 14.2 Å². The zero-order valence-corrected chi connectivity index (χ0v) is 17.1. The van der Waals surface area contributed by atoms with Crippen LogP contribution in [0.15, 0.2) is 29.0 Å². The van der Waals surface area contributed by atoms with E-state index >= 15 is 0 Å². The third-order valence-corrected chi connectivity index (χ3v) is 4.61. The molecule has 0 unspecified atom stereocenters. The molecule has 0 saturated carbocycles. The van der Waals surface area contributed by atoms with Gasteiger partial charge < -0.3 is 14.2 Å². The first-order valence-corrected chi connectivity index (χ1v) is 9.18. The molecule has 0 bridgehead atoms. The van der Waals surface area contributed by atoms with Crippen LogP contribution >= 0.6 is 0 Å². The third kappa shape index (κ3) is 5.33. The molecule has 0 atom stereocenters. The molecule has 0 saturated heterocycles. The molecule has 27 heavy (non-hydrogen) atoms. The van der Waals surface area contributed by atoms with Crippen LogP contribution in [-0.4, -0.2) is 37.7 Å². The van der Waals surface area contributed by atoms with Crippen molar-refractivity contribution in [1.82, 2.24) is 0 Å². The lowest BCUT2D eigenvalue weighted by Crippen LogP contribution is -2.44. The van der Waals surface area contributed by atoms with Gasteiger partial charge in [0, 0.05) is 18.1 Å². The molecule has 0 radical (unpaired) electrons. The molecular formula is C21H30O6. The van der Waals surface area contributed by atoms with Crippen molar-refractivity contribution in [1.29, 1.82) is 0 Å². The highest BCUT2D eigenvalue weighted by Gasteiger charge is 2.50. The van der Waals surface area contributed by atoms with Crippen LogP contribution in [-0.2, 0) is 28.6 Å². The quantitative estimate of drug-likeness (QED) is 0.221. The van der Waals surface area contributed by atoms with Gasteiger partial charge in [0.1, 0.15) is 5.60 Å². The Kier molecular flexibility index (Phi) is 8.04. The van der Waals surface area contributed by atoms with E-state index in [1.54, 1.807) is 13.8 Å². The summed E-state index contributed by atoms with van der Waals surface area (Å²) < 4.78 is 15.2. The van der Waals surface area contributed by atoms with E-state index in [1.165, 1.54) is 27.2 Å². The van der Waals surface area contributed by atoms with Gasteiger partial charge >= 0.3 is 17.9 Å². The van der Waals surface area contributed by atoms with Crippen LogP contribution in [0.2, 0.25) is 0 Å². The molecule has 6 nitrogen and oxygen atoms in total. The molecular weight excluding hydrogens is 348 g/mol. The fraction of sp³-hybridized carbons (Fsp3) is 0.619. The van der Waals surface area contributed by atoms with Crippen molar-refractivity contribution in [2.24, 2.45) is 5.41 Å². The topological polar surface area (TPSA) is 78.9 Å². The minimum Gasteiger partial charge on any atom is -0.468 e. The Morgan fingerprint density at radius 1 is 1.22 bits per heavy atom. The summed E-state index contributed by atoms with van der Waals surface area (Å²) in [4.78, 5) is 36.5. The summed E-state index contributed by atoms with van der Waals surface area (Å²) in [5.74, 6) is -1.85. The normalized spacial score (nSPS) is 15.9. The lowest BCUT2D eigenvalue weighted by atomic mass is 9.71. The van der Waals surface area contributed by atoms with Crippen molar-refractivity contribution in [3.05, 3.63) is 29.0 Å². The van der Waals surface area contributed by atoms with Gasteiger partial charge in [-0.25, -0.2) is 0 Å². The largest absolute Gasteiger partial charge is 0.468 e. The van der Waals surface area contributed by atoms with Crippen LogP contribution in [0.4, 0.5) is 0 Å². The van der Waals surface area contributed by atoms with Crippen LogP contribution in [0, 0.1) is 5.41 Å². The first-order valence-electron chi connectivity index (χ1n) is 9.18. The van der Waals surface area contributed by atoms with Crippen LogP contribution < -0.4 is 0 Å². The highest BCUT2D eigenvalue weighted by Crippen LogP contribution is 2.43. The summed E-state index contributed by atoms with van der Waals surface area (Å²) in [5.41, 5.74) is 2.03. The van der Waals surface area contributed by atoms with Gasteiger partial charge in [0.2, 0.25) is 0 Å². The Hall–Kier alpha value is -2.33. The molecule has 0 aromatic carbocycles. The molecule has 1 aliphatic rings. The van der Waals surface area contributed by atoms with Crippen molar-refractivity contribution >= 4 is 17.9 Å². The number of methoxy groups -OCH3 is 2. The van der Waals surface area contributed by atoms with E-state index in [0.717, 1.165) is 24.8 Å². The number of hydrogen-bond acceptors (Lipinski definition) is 6. The van der Waals surface area contributed by atoms with Crippen LogP contribution in [0.1, 0.15) is 59.8 Å². The van der Waals surface area contributed by atoms with E-state index in [0.29, 0.717) is 12.0 Å². The standard InChI is InChI=1S/C21H30O6/c1-7-8-9-10-11-16-12-13-21(18(23)25-5,19(24)26-6)14-17(16)20(3,4)27-15(2)22/h10,14H,7-9,12-13H2,1-6H3. The van der Waals surface area contributed by atoms with Crippen LogP contribution in [0.3, 0.4) is 0 Å². The maximum Gasteiger partial charge on any atom is 0.327 e. The van der Waals surface area contributed by atoms with Gasteiger partial charge in [0.25, 0.3) is 0 Å². The molecule has 0 spiro atoms. The summed E-state index contributed by atoms with van der Waals surface area (Å²) in [6.07, 6.45) is 7.07. The molecule has 0 aliphatic heterocycles. The Labute approximate surface area is 161 Å². The Balaban J connectivity index is 3.57. The van der Waals surface area contributed by atoms with Gasteiger partial charge in [-0.2, -0.15) is 0 Å². The van der Waals surface area contributed by atoms with Crippen molar-refractivity contribution in [2.75, 3.05) is 14.2 Å². The lowest BCUT2D eigenvalue weighted by Gasteiger charge is -2.36. The fourth-order valence-corrected chi connectivity index (χ4v) is 3.24. The molecule has 1 aliphatic carbocycles. The van der Waals surface area contributed by atoms with Crippen molar-refractivity contribution in [3.63, 3.8) is 0 Å². The molecule has 0 N–H and O–H groups in total. The van der Waals surface area contributed by atoms with E-state index in [-0.39, 0.29) is 6.42 Å². The summed E-state index contributed by atoms with van der Waals surface area (Å²) >= 11 is 0. The smallest absolute Gasteiger partial charge is 0.327 e. The van der Waals surface area contributed by atoms with Crippen LogP contribution in [0.5, 0.6) is 0 Å². The van der Waals surface area contributed by atoms with E-state index in [9.17, 15) is 14.4 Å². The maximum atomic E-state index is 12.5. The van der Waals surface area contributed by atoms with E-state index in [1.807, 2.05) is 6.08 Å². The predicted molar refractivity (Wildman–Crippen MR) is 101 cm³/mol. The summed E-state index contributed by atoms with van der Waals surface area (Å²) in [6.45, 7) is 6.87. The van der Waals surface area contributed by atoms with Gasteiger partial charge in [-0.05, 0) is 51.7 Å². The van der Waals surface area contributed by atoms with Gasteiger partial charge in [-0.3, -0.25) is 14.4 Å². The molecule has 1 rings (SSSR count). The molecule has 0 aromatic heterocycles. The van der Waals surface area contributed by atoms with E-state index < -0.39 is 28.9 Å². The number of rotatable bonds is 7. The highest BCUT2D eigenvalue weighted by molar-refractivity contribution is 6.03. The number of esters is 3. The second-order valence-corrected chi connectivity index (χ2v) is 7.09. The minimum absolute atomic E-state index is 0.204. The molecule has 0 aromatic rings. The number of carbonyl (C=O) groups excluding carboxylic acids is 3. The maximum absolute atomic E-state index is 12.5. The zero-order valence-electron chi connectivity index (χ0n) is 17.1. The fourth-order valence-electron chi connectivity index (χ4n) is 3.24. The van der Waals surface area contributed by atoms with Crippen molar-refractivity contribution in [3.8, 4) is 0 Å². The molecule has 0 heterocycles. The Morgan fingerprint density at radius 2 is 1.81 bits per heavy atom. The summed E-state index contributed by atoms with van der Waals surface area (Å²) in [5, 5.41) is 0. The van der Waals surface area contributed by atoms with Crippen molar-refractivity contribution in [2.45, 2.75) is 65.4 Å². The van der Waals surface area contributed by atoms with Gasteiger partial charge in [-0.1, -0.05) is 13.3 Å². The lowest BCUT2D eigenvalue weighted by molar-refractivity contribution is -0.165. The monoisotopic (exact) mass is 378 g/mol. The average Bonchev–Trinajstić information content (AvgIpc) is 2.62. The van der Waals surface area contributed by atoms with E-state index in [4.69, 9.17) is 14.2 Å². The molecule has 0 fully saturated rings. The Morgan fingerprint density at radius 3 is 2.30 bits per heavy atom. The van der Waals surface area contributed by atoms with E-state index in [2.05, 4.69) is 12.7 Å². The van der Waals surface area contributed by atoms with Gasteiger partial charge in [0.15, 0.2) is 5.41 Å².